The normalized spacial score (nSPS) is 11.4. The Hall–Kier alpha value is -16.6. The zero-order valence-electron chi connectivity index (χ0n) is 70.5. The topological polar surface area (TPSA) is 0 Å². The Kier molecular flexibility index (Phi) is 19.8. The fraction of sp³-hybridized carbons (Fsp3) is 0. The van der Waals surface area contributed by atoms with Gasteiger partial charge in [-0.05, 0) is 271 Å². The molecule has 0 N–H and O–H groups in total. The quantitative estimate of drug-likeness (QED) is 0.113. The molecule has 0 heterocycles. The van der Waals surface area contributed by atoms with E-state index in [1.165, 1.54) is 241 Å². The molecule has 0 aliphatic heterocycles. The SMILES string of the molecule is c1ccc(-c2ccc(-c3c4ccccc4c(-c4cccc5ccc(-c6ccccc6)cc45)c4ccccc34)cc2)cc1.c1ccc(-c2ccc3c(-c4c5ccccc5c(-c5cccc6ccc(-c7ccccc7)cc56)c5ccccc45)cccc3c2)cc1.c1ccc(-c2ccc3cccc(-c4c5ccccc5c(-c5ccc6ccccc6c5)c5ccccc45)c3c2)cc1. The average molecular weight is 1620 g/mol. The van der Waals surface area contributed by atoms with Gasteiger partial charge in [-0.3, -0.25) is 0 Å². The molecule has 0 saturated carbocycles. The van der Waals surface area contributed by atoms with Crippen molar-refractivity contribution in [2.45, 2.75) is 0 Å². The Morgan fingerprint density at radius 1 is 0.0781 bits per heavy atom. The second kappa shape index (κ2) is 33.2. The van der Waals surface area contributed by atoms with Crippen LogP contribution < -0.4 is 0 Å². The Morgan fingerprint density at radius 3 is 0.617 bits per heavy atom. The van der Waals surface area contributed by atoms with Gasteiger partial charge in [0.25, 0.3) is 0 Å². The summed E-state index contributed by atoms with van der Waals surface area (Å²) in [7, 11) is 0. The smallest absolute Gasteiger partial charge is 0.00201 e. The predicted molar refractivity (Wildman–Crippen MR) is 552 cm³/mol. The molecular weight excluding hydrogens is 1540 g/mol. The summed E-state index contributed by atoms with van der Waals surface area (Å²) in [5.74, 6) is 0. The van der Waals surface area contributed by atoms with Gasteiger partial charge in [-0.25, -0.2) is 0 Å². The van der Waals surface area contributed by atoms with Gasteiger partial charge in [-0.2, -0.15) is 0 Å². The lowest BCUT2D eigenvalue weighted by molar-refractivity contribution is 1.61. The van der Waals surface area contributed by atoms with Gasteiger partial charge in [-0.1, -0.05) is 479 Å². The number of rotatable bonds is 11. The molecule has 0 saturated heterocycles. The van der Waals surface area contributed by atoms with Gasteiger partial charge in [0.15, 0.2) is 0 Å². The van der Waals surface area contributed by atoms with E-state index in [1.54, 1.807) is 0 Å². The lowest BCUT2D eigenvalue weighted by atomic mass is 9.83. The van der Waals surface area contributed by atoms with Crippen LogP contribution in [0.2, 0.25) is 0 Å². The standard InChI is InChI=1S/C46H30.C42H28.C40H26/c1-3-13-31(14-4-1)34-27-28-37-36(29-34)18-12-23-38(37)45-39-19-7-9-21-41(39)46(42-22-10-8-20-40(42)45)43-24-11-17-33-25-26-35(30-44(33)43)32-15-5-2-6-16-32;1-3-12-29(13-4-1)31-22-25-33(26-23-31)41-35-17-7-9-19-37(35)42(38-20-10-8-18-36(38)41)39-21-11-16-32-24-27-34(28-40(32)39)30-14-5-2-6-15-30;1-2-11-27(12-3-1)31-23-22-29-15-10-20-37(38(29)26-31)40-35-18-8-6-16-33(35)39(34-17-7-9-19-36(34)40)32-24-21-28-13-4-5-14-30(28)25-32/h1-30H;1-28H;1-26H. The maximum absolute atomic E-state index is 2.37. The maximum atomic E-state index is 2.37. The lowest BCUT2D eigenvalue weighted by Crippen LogP contribution is -1.92. The van der Waals surface area contributed by atoms with Gasteiger partial charge in [0.2, 0.25) is 0 Å². The summed E-state index contributed by atoms with van der Waals surface area (Å²) in [6.45, 7) is 0. The van der Waals surface area contributed by atoms with Crippen LogP contribution in [0.1, 0.15) is 0 Å². The molecule has 0 fully saturated rings. The summed E-state index contributed by atoms with van der Waals surface area (Å²) in [6.07, 6.45) is 0. The van der Waals surface area contributed by atoms with Crippen molar-refractivity contribution in [2.75, 3.05) is 0 Å². The lowest BCUT2D eigenvalue weighted by Gasteiger charge is -2.20. The molecule has 128 heavy (non-hydrogen) atoms. The van der Waals surface area contributed by atoms with Crippen molar-refractivity contribution in [2.24, 2.45) is 0 Å². The van der Waals surface area contributed by atoms with E-state index in [4.69, 9.17) is 0 Å². The maximum Gasteiger partial charge on any atom is -0.00201 e. The fourth-order valence-corrected chi connectivity index (χ4v) is 20.2. The zero-order valence-corrected chi connectivity index (χ0v) is 70.5. The van der Waals surface area contributed by atoms with Crippen LogP contribution in [0.25, 0.3) is 241 Å². The van der Waals surface area contributed by atoms with Crippen molar-refractivity contribution in [3.63, 3.8) is 0 Å². The molecule has 0 radical (unpaired) electrons. The van der Waals surface area contributed by atoms with Crippen LogP contribution in [-0.4, -0.2) is 0 Å². The molecule has 0 aliphatic carbocycles. The molecule has 0 amide bonds. The number of benzene rings is 25. The minimum absolute atomic E-state index is 1.23. The minimum Gasteiger partial charge on any atom is -0.0622 e. The van der Waals surface area contributed by atoms with Crippen molar-refractivity contribution in [1.82, 2.24) is 0 Å². The van der Waals surface area contributed by atoms with Crippen molar-refractivity contribution in [1.29, 1.82) is 0 Å². The largest absolute Gasteiger partial charge is 0.0622 e. The highest BCUT2D eigenvalue weighted by molar-refractivity contribution is 6.28. The van der Waals surface area contributed by atoms with Crippen LogP contribution in [0.4, 0.5) is 0 Å². The van der Waals surface area contributed by atoms with Crippen LogP contribution in [0, 0.1) is 0 Å². The summed E-state index contributed by atoms with van der Waals surface area (Å²) < 4.78 is 0. The van der Waals surface area contributed by atoms with E-state index in [0.717, 1.165) is 0 Å². The van der Waals surface area contributed by atoms with Crippen molar-refractivity contribution < 1.29 is 0 Å². The first-order chi connectivity index (χ1) is 63.5. The predicted octanol–water partition coefficient (Wildman–Crippen LogP) is 36.1. The van der Waals surface area contributed by atoms with Crippen molar-refractivity contribution >= 4 is 118 Å². The molecular formula is C128H84. The van der Waals surface area contributed by atoms with E-state index < -0.39 is 0 Å². The van der Waals surface area contributed by atoms with E-state index >= 15 is 0 Å². The van der Waals surface area contributed by atoms with Crippen LogP contribution in [0.15, 0.2) is 510 Å². The third kappa shape index (κ3) is 14.0. The highest BCUT2D eigenvalue weighted by Crippen LogP contribution is 2.52. The molecule has 596 valence electrons. The third-order valence-electron chi connectivity index (χ3n) is 26.1. The number of fused-ring (bicyclic) bond motifs is 11. The van der Waals surface area contributed by atoms with Crippen LogP contribution >= 0.6 is 0 Å². The highest BCUT2D eigenvalue weighted by atomic mass is 14.3. The fourth-order valence-electron chi connectivity index (χ4n) is 20.2. The summed E-state index contributed by atoms with van der Waals surface area (Å²) >= 11 is 0. The first-order valence-corrected chi connectivity index (χ1v) is 44.3. The van der Waals surface area contributed by atoms with Gasteiger partial charge in [0.05, 0.1) is 0 Å². The van der Waals surface area contributed by atoms with E-state index in [1.807, 2.05) is 0 Å². The van der Waals surface area contributed by atoms with Crippen molar-refractivity contribution in [3.8, 4) is 122 Å². The van der Waals surface area contributed by atoms with Gasteiger partial charge in [0, 0.05) is 0 Å². The van der Waals surface area contributed by atoms with Gasteiger partial charge >= 0.3 is 0 Å². The van der Waals surface area contributed by atoms with Gasteiger partial charge in [-0.15, -0.1) is 0 Å². The minimum atomic E-state index is 1.23. The summed E-state index contributed by atoms with van der Waals surface area (Å²) in [5.41, 5.74) is 27.7. The van der Waals surface area contributed by atoms with Crippen LogP contribution in [0.3, 0.4) is 0 Å². The molecule has 0 atom stereocenters. The van der Waals surface area contributed by atoms with E-state index in [0.29, 0.717) is 0 Å². The molecule has 0 bridgehead atoms. The third-order valence-corrected chi connectivity index (χ3v) is 26.1. The first-order valence-electron chi connectivity index (χ1n) is 44.3. The molecule has 0 heteroatoms. The monoisotopic (exact) mass is 1620 g/mol. The van der Waals surface area contributed by atoms with Crippen LogP contribution in [0.5, 0.6) is 0 Å². The first kappa shape index (κ1) is 76.3. The molecule has 0 aliphatic rings. The van der Waals surface area contributed by atoms with E-state index in [2.05, 4.69) is 510 Å². The summed E-state index contributed by atoms with van der Waals surface area (Å²) in [4.78, 5) is 0. The second-order valence-electron chi connectivity index (χ2n) is 33.5. The molecule has 0 aromatic heterocycles. The molecule has 25 aromatic rings. The highest BCUT2D eigenvalue weighted by Gasteiger charge is 2.24. The average Bonchev–Trinajstić information content (AvgIpc) is 0.731. The number of hydrogen-bond donors (Lipinski definition) is 0. The van der Waals surface area contributed by atoms with Gasteiger partial charge in [0.1, 0.15) is 0 Å². The Bertz CT molecular complexity index is 8400. The summed E-state index contributed by atoms with van der Waals surface area (Å²) in [5, 5.41) is 27.9. The number of hydrogen-bond acceptors (Lipinski definition) is 0. The molecule has 0 unspecified atom stereocenters. The Balaban J connectivity index is 0.000000110. The van der Waals surface area contributed by atoms with Crippen LogP contribution in [-0.2, 0) is 0 Å². The van der Waals surface area contributed by atoms with E-state index in [9.17, 15) is 0 Å². The second-order valence-corrected chi connectivity index (χ2v) is 33.5. The molecule has 25 aromatic carbocycles. The molecule has 0 spiro atoms. The Morgan fingerprint density at radius 2 is 0.281 bits per heavy atom. The van der Waals surface area contributed by atoms with E-state index in [-0.39, 0.29) is 0 Å². The zero-order chi connectivity index (χ0) is 84.8. The molecule has 25 rings (SSSR count). The van der Waals surface area contributed by atoms with Crippen molar-refractivity contribution in [3.05, 3.63) is 510 Å². The van der Waals surface area contributed by atoms with Gasteiger partial charge < -0.3 is 0 Å². The summed E-state index contributed by atoms with van der Waals surface area (Å²) in [6, 6.07) is 186. The Labute approximate surface area is 745 Å². The molecule has 0 nitrogen and oxygen atoms in total.